The lowest BCUT2D eigenvalue weighted by atomic mass is 9.76. The maximum absolute atomic E-state index is 12.4. The SMILES string of the molecule is CC1=C(C)C[C@@H](C(=O)[O-])[C@@H](C(=O)Nc2cccc(C)c2)C1. The zero-order chi connectivity index (χ0) is 15.6. The monoisotopic (exact) mass is 286 g/mol. The molecule has 2 rings (SSSR count). The van der Waals surface area contributed by atoms with E-state index in [1.807, 2.05) is 39.0 Å². The topological polar surface area (TPSA) is 69.2 Å². The Morgan fingerprint density at radius 2 is 1.71 bits per heavy atom. The van der Waals surface area contributed by atoms with Gasteiger partial charge in [0, 0.05) is 17.6 Å². The van der Waals surface area contributed by atoms with Gasteiger partial charge in [0.25, 0.3) is 0 Å². The third-order valence-electron chi connectivity index (χ3n) is 4.19. The average Bonchev–Trinajstić information content (AvgIpc) is 2.41. The van der Waals surface area contributed by atoms with Gasteiger partial charge in [0.15, 0.2) is 0 Å². The van der Waals surface area contributed by atoms with Crippen LogP contribution in [0.4, 0.5) is 5.69 Å². The predicted molar refractivity (Wildman–Crippen MR) is 79.4 cm³/mol. The molecule has 21 heavy (non-hydrogen) atoms. The minimum Gasteiger partial charge on any atom is -0.550 e. The zero-order valence-corrected chi connectivity index (χ0v) is 12.6. The van der Waals surface area contributed by atoms with Crippen LogP contribution in [0, 0.1) is 18.8 Å². The molecule has 0 radical (unpaired) electrons. The van der Waals surface area contributed by atoms with Crippen LogP contribution in [0.5, 0.6) is 0 Å². The van der Waals surface area contributed by atoms with E-state index in [9.17, 15) is 14.7 Å². The maximum Gasteiger partial charge on any atom is 0.228 e. The third-order valence-corrected chi connectivity index (χ3v) is 4.19. The number of allylic oxidation sites excluding steroid dienone is 2. The number of carboxylic acid groups (broad SMARTS) is 1. The number of carbonyl (C=O) groups is 2. The molecule has 1 aliphatic rings. The van der Waals surface area contributed by atoms with Crippen molar-refractivity contribution < 1.29 is 14.7 Å². The highest BCUT2D eigenvalue weighted by Gasteiger charge is 2.33. The van der Waals surface area contributed by atoms with Gasteiger partial charge in [0.05, 0.1) is 5.92 Å². The van der Waals surface area contributed by atoms with Crippen molar-refractivity contribution in [2.24, 2.45) is 11.8 Å². The van der Waals surface area contributed by atoms with Gasteiger partial charge in [-0.2, -0.15) is 0 Å². The van der Waals surface area contributed by atoms with Crippen molar-refractivity contribution in [1.29, 1.82) is 0 Å². The molecular weight excluding hydrogens is 266 g/mol. The molecule has 4 heteroatoms. The molecule has 2 atom stereocenters. The molecule has 0 fully saturated rings. The molecule has 0 bridgehead atoms. The summed E-state index contributed by atoms with van der Waals surface area (Å²) in [6.45, 7) is 5.81. The number of carbonyl (C=O) groups excluding carboxylic acids is 2. The smallest absolute Gasteiger partial charge is 0.228 e. The molecule has 0 unspecified atom stereocenters. The van der Waals surface area contributed by atoms with Crippen LogP contribution in [-0.4, -0.2) is 11.9 Å². The molecule has 0 aromatic heterocycles. The van der Waals surface area contributed by atoms with Gasteiger partial charge in [-0.25, -0.2) is 0 Å². The highest BCUT2D eigenvalue weighted by atomic mass is 16.4. The number of aliphatic carboxylic acids is 1. The second-order valence-electron chi connectivity index (χ2n) is 5.86. The van der Waals surface area contributed by atoms with Gasteiger partial charge in [-0.15, -0.1) is 0 Å². The van der Waals surface area contributed by atoms with E-state index in [0.717, 1.165) is 16.7 Å². The Hall–Kier alpha value is -2.10. The van der Waals surface area contributed by atoms with Crippen LogP contribution in [-0.2, 0) is 9.59 Å². The van der Waals surface area contributed by atoms with Crippen LogP contribution in [0.1, 0.15) is 32.3 Å². The molecule has 4 nitrogen and oxygen atoms in total. The Bertz CT molecular complexity index is 604. The molecule has 1 aliphatic carbocycles. The van der Waals surface area contributed by atoms with Gasteiger partial charge >= 0.3 is 0 Å². The summed E-state index contributed by atoms with van der Waals surface area (Å²) in [5.74, 6) is -2.72. The number of nitrogens with one attached hydrogen (secondary N) is 1. The van der Waals surface area contributed by atoms with Crippen LogP contribution in [0.25, 0.3) is 0 Å². The summed E-state index contributed by atoms with van der Waals surface area (Å²) in [5, 5.41) is 14.1. The molecular formula is C17H20NO3-. The quantitative estimate of drug-likeness (QED) is 0.865. The predicted octanol–water partition coefficient (Wildman–Crippen LogP) is 2.05. The second kappa shape index (κ2) is 6.12. The number of carboxylic acids is 1. The summed E-state index contributed by atoms with van der Waals surface area (Å²) >= 11 is 0. The lowest BCUT2D eigenvalue weighted by Gasteiger charge is -2.32. The summed E-state index contributed by atoms with van der Waals surface area (Å²) in [7, 11) is 0. The van der Waals surface area contributed by atoms with E-state index in [1.165, 1.54) is 0 Å². The van der Waals surface area contributed by atoms with E-state index in [0.29, 0.717) is 18.5 Å². The van der Waals surface area contributed by atoms with Crippen molar-refractivity contribution >= 4 is 17.6 Å². The van der Waals surface area contributed by atoms with Crippen LogP contribution in [0.3, 0.4) is 0 Å². The van der Waals surface area contributed by atoms with Crippen molar-refractivity contribution in [3.05, 3.63) is 41.0 Å². The van der Waals surface area contributed by atoms with Gasteiger partial charge in [0.2, 0.25) is 5.91 Å². The molecule has 0 spiro atoms. The number of amides is 1. The van der Waals surface area contributed by atoms with Crippen molar-refractivity contribution in [2.45, 2.75) is 33.6 Å². The van der Waals surface area contributed by atoms with Gasteiger partial charge in [0.1, 0.15) is 0 Å². The Morgan fingerprint density at radius 3 is 2.29 bits per heavy atom. The highest BCUT2D eigenvalue weighted by molar-refractivity contribution is 5.95. The Balaban J connectivity index is 2.18. The first-order valence-electron chi connectivity index (χ1n) is 7.12. The van der Waals surface area contributed by atoms with Crippen LogP contribution in [0.15, 0.2) is 35.4 Å². The first-order chi connectivity index (χ1) is 9.88. The molecule has 1 aromatic rings. The first kappa shape index (κ1) is 15.3. The van der Waals surface area contributed by atoms with E-state index in [1.54, 1.807) is 6.07 Å². The van der Waals surface area contributed by atoms with E-state index >= 15 is 0 Å². The molecule has 0 saturated heterocycles. The average molecular weight is 286 g/mol. The van der Waals surface area contributed by atoms with E-state index in [2.05, 4.69) is 5.32 Å². The molecule has 0 heterocycles. The fourth-order valence-electron chi connectivity index (χ4n) is 2.77. The van der Waals surface area contributed by atoms with Crippen molar-refractivity contribution in [1.82, 2.24) is 0 Å². The standard InChI is InChI=1S/C17H21NO3/c1-10-5-4-6-13(7-10)18-16(19)14-8-11(2)12(3)9-15(14)17(20)21/h4-7,14-15H,8-9H2,1-3H3,(H,18,19)(H,20,21)/p-1/t14-,15+/m0/s1. The summed E-state index contributed by atoms with van der Waals surface area (Å²) < 4.78 is 0. The third kappa shape index (κ3) is 3.51. The number of anilines is 1. The fraction of sp³-hybridized carbons (Fsp3) is 0.412. The van der Waals surface area contributed by atoms with Crippen LogP contribution < -0.4 is 10.4 Å². The minimum absolute atomic E-state index is 0.248. The van der Waals surface area contributed by atoms with E-state index in [-0.39, 0.29) is 5.91 Å². The summed E-state index contributed by atoms with van der Waals surface area (Å²) in [5.41, 5.74) is 3.88. The van der Waals surface area contributed by atoms with Crippen LogP contribution >= 0.6 is 0 Å². The van der Waals surface area contributed by atoms with Crippen LogP contribution in [0.2, 0.25) is 0 Å². The zero-order valence-electron chi connectivity index (χ0n) is 12.6. The number of hydrogen-bond acceptors (Lipinski definition) is 3. The fourth-order valence-corrected chi connectivity index (χ4v) is 2.77. The molecule has 1 N–H and O–H groups in total. The normalized spacial score (nSPS) is 22.0. The molecule has 112 valence electrons. The summed E-state index contributed by atoms with van der Waals surface area (Å²) in [4.78, 5) is 23.7. The van der Waals surface area contributed by atoms with E-state index in [4.69, 9.17) is 0 Å². The first-order valence-corrected chi connectivity index (χ1v) is 7.12. The Labute approximate surface area is 124 Å². The van der Waals surface area contributed by atoms with Gasteiger partial charge in [-0.1, -0.05) is 23.3 Å². The number of hydrogen-bond donors (Lipinski definition) is 1. The number of benzene rings is 1. The van der Waals surface area contributed by atoms with Crippen molar-refractivity contribution in [3.8, 4) is 0 Å². The summed E-state index contributed by atoms with van der Waals surface area (Å²) in [6.07, 6.45) is 0.863. The minimum atomic E-state index is -1.15. The van der Waals surface area contributed by atoms with Crippen molar-refractivity contribution in [2.75, 3.05) is 5.32 Å². The largest absolute Gasteiger partial charge is 0.550 e. The van der Waals surface area contributed by atoms with Gasteiger partial charge < -0.3 is 15.2 Å². The summed E-state index contributed by atoms with van der Waals surface area (Å²) in [6, 6.07) is 7.46. The van der Waals surface area contributed by atoms with Gasteiger partial charge in [-0.3, -0.25) is 4.79 Å². The lowest BCUT2D eigenvalue weighted by Crippen LogP contribution is -2.42. The molecule has 1 amide bonds. The molecule has 0 saturated carbocycles. The maximum atomic E-state index is 12.4. The second-order valence-corrected chi connectivity index (χ2v) is 5.86. The number of aryl methyl sites for hydroxylation is 1. The molecule has 1 aromatic carbocycles. The van der Waals surface area contributed by atoms with E-state index < -0.39 is 17.8 Å². The van der Waals surface area contributed by atoms with Crippen molar-refractivity contribution in [3.63, 3.8) is 0 Å². The Kier molecular flexibility index (Phi) is 4.46. The highest BCUT2D eigenvalue weighted by Crippen LogP contribution is 2.34. The van der Waals surface area contributed by atoms with Gasteiger partial charge in [-0.05, 0) is 51.3 Å². The Morgan fingerprint density at radius 1 is 1.10 bits per heavy atom. The molecule has 0 aliphatic heterocycles. The lowest BCUT2D eigenvalue weighted by molar-refractivity contribution is -0.313. The number of rotatable bonds is 3.